The van der Waals surface area contributed by atoms with Crippen LogP contribution in [0.3, 0.4) is 0 Å². The highest BCUT2D eigenvalue weighted by atomic mass is 35.5. The number of benzene rings is 2. The van der Waals surface area contributed by atoms with Crippen LogP contribution in [-0.2, 0) is 13.0 Å². The molecule has 7 nitrogen and oxygen atoms in total. The van der Waals surface area contributed by atoms with E-state index in [2.05, 4.69) is 9.97 Å². The predicted octanol–water partition coefficient (Wildman–Crippen LogP) is 6.32. The lowest BCUT2D eigenvalue weighted by molar-refractivity contribution is 0.0697. The molecule has 2 aromatic heterocycles. The number of nitrogens with zero attached hydrogens (tertiary/aromatic N) is 3. The maximum atomic E-state index is 13.4. The number of hydrogen-bond acceptors (Lipinski definition) is 5. The Morgan fingerprint density at radius 1 is 1.13 bits per heavy atom. The van der Waals surface area contributed by atoms with E-state index in [0.29, 0.717) is 51.1 Å². The molecule has 2 heterocycles. The van der Waals surface area contributed by atoms with Crippen LogP contribution in [0.1, 0.15) is 54.0 Å². The summed E-state index contributed by atoms with van der Waals surface area (Å²) in [4.78, 5) is 34.1. The first-order chi connectivity index (χ1) is 18.4. The fourth-order valence-corrected chi connectivity index (χ4v) is 5.43. The monoisotopic (exact) mass is 531 g/mol. The smallest absolute Gasteiger partial charge is 0.335 e. The topological polar surface area (TPSA) is 94.3 Å². The van der Waals surface area contributed by atoms with Crippen molar-refractivity contribution < 1.29 is 14.6 Å². The number of rotatable bonds is 8. The lowest BCUT2D eigenvalue weighted by Crippen LogP contribution is -2.27. The van der Waals surface area contributed by atoms with Gasteiger partial charge >= 0.3 is 5.97 Å². The molecule has 38 heavy (non-hydrogen) atoms. The average molecular weight is 532 g/mol. The molecule has 0 unspecified atom stereocenters. The van der Waals surface area contributed by atoms with Crippen molar-refractivity contribution in [1.29, 1.82) is 0 Å². The fraction of sp³-hybridized carbons (Fsp3) is 0.333. The largest absolute Gasteiger partial charge is 0.491 e. The Kier molecular flexibility index (Phi) is 7.74. The van der Waals surface area contributed by atoms with Gasteiger partial charge < -0.3 is 9.84 Å². The number of aromatic carboxylic acids is 1. The number of fused-ring (bicyclic) bond motifs is 1. The molecule has 0 aliphatic heterocycles. The van der Waals surface area contributed by atoms with Crippen LogP contribution in [0.5, 0.6) is 5.75 Å². The molecule has 0 spiro atoms. The van der Waals surface area contributed by atoms with E-state index in [1.807, 2.05) is 19.1 Å². The van der Waals surface area contributed by atoms with E-state index in [9.17, 15) is 14.7 Å². The van der Waals surface area contributed by atoms with Crippen molar-refractivity contribution in [3.05, 3.63) is 87.2 Å². The Labute approximate surface area is 226 Å². The summed E-state index contributed by atoms with van der Waals surface area (Å²) < 4.78 is 7.72. The molecule has 1 aliphatic carbocycles. The molecule has 0 amide bonds. The van der Waals surface area contributed by atoms with Crippen LogP contribution in [0.2, 0.25) is 5.02 Å². The highest BCUT2D eigenvalue weighted by molar-refractivity contribution is 6.31. The molecule has 196 valence electrons. The zero-order valence-corrected chi connectivity index (χ0v) is 22.1. The van der Waals surface area contributed by atoms with E-state index in [1.165, 1.54) is 38.2 Å². The van der Waals surface area contributed by atoms with Gasteiger partial charge in [0, 0.05) is 16.3 Å². The molecule has 1 saturated carbocycles. The van der Waals surface area contributed by atoms with Crippen LogP contribution >= 0.6 is 11.6 Å². The fourth-order valence-electron chi connectivity index (χ4n) is 5.26. The summed E-state index contributed by atoms with van der Waals surface area (Å²) in [6, 6.07) is 13.7. The van der Waals surface area contributed by atoms with Crippen LogP contribution in [0.4, 0.5) is 0 Å². The second-order valence-corrected chi connectivity index (χ2v) is 10.3. The zero-order valence-electron chi connectivity index (χ0n) is 21.3. The molecule has 1 fully saturated rings. The van der Waals surface area contributed by atoms with E-state index in [0.717, 1.165) is 12.1 Å². The third kappa shape index (κ3) is 5.73. The Morgan fingerprint density at radius 2 is 1.95 bits per heavy atom. The Morgan fingerprint density at radius 3 is 2.74 bits per heavy atom. The van der Waals surface area contributed by atoms with E-state index < -0.39 is 5.97 Å². The number of pyridine rings is 1. The lowest BCUT2D eigenvalue weighted by atomic mass is 9.86. The summed E-state index contributed by atoms with van der Waals surface area (Å²) in [6.45, 7) is 2.34. The maximum absolute atomic E-state index is 13.4. The first-order valence-corrected chi connectivity index (χ1v) is 13.4. The third-order valence-electron chi connectivity index (χ3n) is 7.25. The molecule has 1 aliphatic rings. The van der Waals surface area contributed by atoms with Gasteiger partial charge in [0.1, 0.15) is 18.2 Å². The summed E-state index contributed by atoms with van der Waals surface area (Å²) >= 11 is 6.24. The third-order valence-corrected chi connectivity index (χ3v) is 7.48. The Hall–Kier alpha value is -3.71. The van der Waals surface area contributed by atoms with Crippen molar-refractivity contribution in [1.82, 2.24) is 14.5 Å². The van der Waals surface area contributed by atoms with Crippen molar-refractivity contribution in [3.8, 4) is 16.9 Å². The van der Waals surface area contributed by atoms with Gasteiger partial charge in [0.25, 0.3) is 5.56 Å². The summed E-state index contributed by atoms with van der Waals surface area (Å²) in [5.41, 5.74) is 2.99. The Balaban J connectivity index is 1.36. The lowest BCUT2D eigenvalue weighted by Gasteiger charge is -2.21. The molecule has 1 N–H and O–H groups in total. The standard InChI is InChI=1S/C30H30ClN3O4/c1-19-33-27-18-32-24(14-20-6-3-2-4-7-20)17-26(27)29(35)34(19)12-13-38-28-11-10-23(31)16-25(28)21-8-5-9-22(15-21)30(36)37/h5,8-11,15-18,20H,2-4,6-7,12-14H2,1H3,(H,36,37). The molecule has 0 saturated heterocycles. The van der Waals surface area contributed by atoms with Crippen molar-refractivity contribution in [3.63, 3.8) is 0 Å². The second kappa shape index (κ2) is 11.4. The van der Waals surface area contributed by atoms with E-state index in [1.54, 1.807) is 41.1 Å². The van der Waals surface area contributed by atoms with Crippen molar-refractivity contribution in [2.24, 2.45) is 5.92 Å². The number of ether oxygens (including phenoxy) is 1. The summed E-state index contributed by atoms with van der Waals surface area (Å²) in [7, 11) is 0. The molecule has 4 aromatic rings. The van der Waals surface area contributed by atoms with Crippen molar-refractivity contribution in [2.45, 2.75) is 52.0 Å². The van der Waals surface area contributed by atoms with Crippen LogP contribution < -0.4 is 10.3 Å². The number of carboxylic acid groups (broad SMARTS) is 1. The first kappa shape index (κ1) is 25.9. The van der Waals surface area contributed by atoms with Crippen LogP contribution in [0.25, 0.3) is 22.0 Å². The highest BCUT2D eigenvalue weighted by Gasteiger charge is 2.17. The molecule has 8 heteroatoms. The SMILES string of the molecule is Cc1nc2cnc(CC3CCCCC3)cc2c(=O)n1CCOc1ccc(Cl)cc1-c1cccc(C(=O)O)c1. The highest BCUT2D eigenvalue weighted by Crippen LogP contribution is 2.33. The molecular formula is C30H30ClN3O4. The average Bonchev–Trinajstić information content (AvgIpc) is 2.92. The second-order valence-electron chi connectivity index (χ2n) is 9.89. The van der Waals surface area contributed by atoms with Gasteiger partial charge in [-0.3, -0.25) is 14.3 Å². The van der Waals surface area contributed by atoms with Crippen LogP contribution in [0.15, 0.2) is 59.5 Å². The maximum Gasteiger partial charge on any atom is 0.335 e. The van der Waals surface area contributed by atoms with Gasteiger partial charge in [-0.05, 0) is 61.2 Å². The van der Waals surface area contributed by atoms with Gasteiger partial charge in [0.15, 0.2) is 0 Å². The van der Waals surface area contributed by atoms with Gasteiger partial charge in [-0.15, -0.1) is 0 Å². The zero-order chi connectivity index (χ0) is 26.6. The summed E-state index contributed by atoms with van der Waals surface area (Å²) in [5, 5.41) is 10.5. The number of carboxylic acids is 1. The number of hydrogen-bond donors (Lipinski definition) is 1. The first-order valence-electron chi connectivity index (χ1n) is 13.0. The minimum atomic E-state index is -1.01. The number of aryl methyl sites for hydroxylation is 1. The van der Waals surface area contributed by atoms with Gasteiger partial charge in [-0.1, -0.05) is 55.8 Å². The molecular weight excluding hydrogens is 502 g/mol. The van der Waals surface area contributed by atoms with Gasteiger partial charge in [-0.2, -0.15) is 0 Å². The molecule has 2 aromatic carbocycles. The van der Waals surface area contributed by atoms with Gasteiger partial charge in [0.2, 0.25) is 0 Å². The van der Waals surface area contributed by atoms with E-state index in [4.69, 9.17) is 16.3 Å². The van der Waals surface area contributed by atoms with Crippen molar-refractivity contribution >= 4 is 28.5 Å². The number of aromatic nitrogens is 3. The van der Waals surface area contributed by atoms with E-state index in [-0.39, 0.29) is 17.7 Å². The molecule has 0 radical (unpaired) electrons. The van der Waals surface area contributed by atoms with Gasteiger partial charge in [-0.25, -0.2) is 9.78 Å². The molecule has 0 bridgehead atoms. The predicted molar refractivity (Wildman–Crippen MR) is 148 cm³/mol. The summed E-state index contributed by atoms with van der Waals surface area (Å²) in [5.74, 6) is 0.772. The summed E-state index contributed by atoms with van der Waals surface area (Å²) in [6.07, 6.45) is 8.91. The van der Waals surface area contributed by atoms with Crippen LogP contribution in [0, 0.1) is 12.8 Å². The van der Waals surface area contributed by atoms with Crippen LogP contribution in [-0.4, -0.2) is 32.2 Å². The Bertz CT molecular complexity index is 1540. The normalized spacial score (nSPS) is 14.1. The number of carbonyl (C=O) groups is 1. The minimum Gasteiger partial charge on any atom is -0.491 e. The van der Waals surface area contributed by atoms with Crippen molar-refractivity contribution in [2.75, 3.05) is 6.61 Å². The minimum absolute atomic E-state index is 0.103. The molecule has 5 rings (SSSR count). The molecule has 0 atom stereocenters. The number of halogens is 1. The van der Waals surface area contributed by atoms with Gasteiger partial charge in [0.05, 0.1) is 29.2 Å². The van der Waals surface area contributed by atoms with E-state index >= 15 is 0 Å². The quantitative estimate of drug-likeness (QED) is 0.286.